The Bertz CT molecular complexity index is 771. The molecule has 3 aliphatic rings. The van der Waals surface area contributed by atoms with Crippen LogP contribution < -0.4 is 0 Å². The molecule has 2 unspecified atom stereocenters. The third kappa shape index (κ3) is 2.89. The molecule has 0 aliphatic heterocycles. The summed E-state index contributed by atoms with van der Waals surface area (Å²) in [6.07, 6.45) is 18.7. The molecule has 2 atom stereocenters. The Morgan fingerprint density at radius 2 is 1.91 bits per heavy atom. The molecule has 0 fully saturated rings. The Morgan fingerprint density at radius 1 is 1.09 bits per heavy atom. The third-order valence-electron chi connectivity index (χ3n) is 5.80. The molecule has 23 heavy (non-hydrogen) atoms. The fraction of sp³-hybridized carbons (Fsp3) is 0.318. The van der Waals surface area contributed by atoms with Gasteiger partial charge in [-0.1, -0.05) is 0 Å². The van der Waals surface area contributed by atoms with Crippen molar-refractivity contribution in [2.45, 2.75) is 40.5 Å². The van der Waals surface area contributed by atoms with E-state index in [0.29, 0.717) is 0 Å². The van der Waals surface area contributed by atoms with E-state index in [-0.39, 0.29) is 0 Å². The molecular formula is C22H25Hf. The summed E-state index contributed by atoms with van der Waals surface area (Å²) in [5.41, 5.74) is 4.92. The van der Waals surface area contributed by atoms with E-state index < -0.39 is 19.5 Å². The van der Waals surface area contributed by atoms with Crippen LogP contribution in [0.2, 0.25) is 8.35 Å². The molecule has 117 valence electrons. The Kier molecular flexibility index (Phi) is 4.32. The maximum absolute atomic E-state index is 2.77. The summed E-state index contributed by atoms with van der Waals surface area (Å²) in [6, 6.07) is 11.1. The predicted octanol–water partition coefficient (Wildman–Crippen LogP) is 6.11. The summed E-state index contributed by atoms with van der Waals surface area (Å²) in [5, 5.41) is 0. The molecule has 0 heterocycles. The van der Waals surface area contributed by atoms with Gasteiger partial charge in [-0.3, -0.25) is 0 Å². The maximum atomic E-state index is 2.73. The van der Waals surface area contributed by atoms with Gasteiger partial charge in [0, 0.05) is 0 Å². The van der Waals surface area contributed by atoms with Crippen molar-refractivity contribution >= 4 is 3.76 Å². The van der Waals surface area contributed by atoms with E-state index in [2.05, 4.69) is 69.2 Å². The fourth-order valence-corrected chi connectivity index (χ4v) is 19.6. The molecule has 0 saturated carbocycles. The average Bonchev–Trinajstić information content (AvgIpc) is 3.26. The zero-order chi connectivity index (χ0) is 15.7. The summed E-state index contributed by atoms with van der Waals surface area (Å²) in [7, 11) is 0. The molecule has 1 aromatic carbocycles. The monoisotopic (exact) mass is 469 g/mol. The second-order valence-corrected chi connectivity index (χ2v) is 22.1. The molecule has 0 saturated heterocycles. The van der Waals surface area contributed by atoms with Crippen LogP contribution in [0.15, 0.2) is 75.2 Å². The van der Waals surface area contributed by atoms with Crippen molar-refractivity contribution in [3.05, 3.63) is 80.8 Å². The van der Waals surface area contributed by atoms with Gasteiger partial charge in [0.05, 0.1) is 0 Å². The van der Waals surface area contributed by atoms with E-state index >= 15 is 0 Å². The summed E-state index contributed by atoms with van der Waals surface area (Å²) in [5.74, 6) is 0. The van der Waals surface area contributed by atoms with Gasteiger partial charge in [0.1, 0.15) is 0 Å². The van der Waals surface area contributed by atoms with Crippen LogP contribution in [0, 0.1) is 0 Å². The zero-order valence-corrected chi connectivity index (χ0v) is 17.6. The summed E-state index contributed by atoms with van der Waals surface area (Å²) < 4.78 is 7.92. The summed E-state index contributed by atoms with van der Waals surface area (Å²) >= 11 is -2.77. The van der Waals surface area contributed by atoms with Crippen LogP contribution in [-0.2, 0) is 19.5 Å². The summed E-state index contributed by atoms with van der Waals surface area (Å²) in [4.78, 5) is 0. The van der Waals surface area contributed by atoms with Gasteiger partial charge in [0.25, 0.3) is 0 Å². The molecule has 0 aromatic heterocycles. The molecule has 4 rings (SSSR count). The van der Waals surface area contributed by atoms with Gasteiger partial charge < -0.3 is 0 Å². The van der Waals surface area contributed by atoms with Crippen LogP contribution in [0.4, 0.5) is 0 Å². The number of hydrogen-bond acceptors (Lipinski definition) is 0. The molecule has 1 heteroatoms. The Morgan fingerprint density at radius 3 is 2.70 bits per heavy atom. The van der Waals surface area contributed by atoms with E-state index in [0.717, 1.165) is 3.67 Å². The zero-order valence-electron chi connectivity index (χ0n) is 14.0. The van der Waals surface area contributed by atoms with Crippen molar-refractivity contribution < 1.29 is 19.5 Å². The molecule has 3 aliphatic carbocycles. The van der Waals surface area contributed by atoms with Gasteiger partial charge in [-0.2, -0.15) is 0 Å². The van der Waals surface area contributed by atoms with Crippen LogP contribution in [0.3, 0.4) is 0 Å². The van der Waals surface area contributed by atoms with Crippen molar-refractivity contribution in [3.63, 3.8) is 0 Å². The minimum atomic E-state index is -2.77. The van der Waals surface area contributed by atoms with Gasteiger partial charge >= 0.3 is 144 Å². The van der Waals surface area contributed by atoms with Gasteiger partial charge in [0.2, 0.25) is 0 Å². The average molecular weight is 468 g/mol. The molecule has 0 nitrogen and oxygen atoms in total. The molecule has 1 aromatic rings. The quantitative estimate of drug-likeness (QED) is 0.470. The van der Waals surface area contributed by atoms with Crippen LogP contribution in [0.25, 0.3) is 0 Å². The number of rotatable bonds is 3. The van der Waals surface area contributed by atoms with Crippen molar-refractivity contribution in [2.24, 2.45) is 0 Å². The summed E-state index contributed by atoms with van der Waals surface area (Å²) in [6.45, 7) is 0. The topological polar surface area (TPSA) is 0 Å². The fourth-order valence-electron chi connectivity index (χ4n) is 4.51. The molecular weight excluding hydrogens is 443 g/mol. The van der Waals surface area contributed by atoms with Crippen LogP contribution in [-0.4, -0.2) is 3.76 Å². The number of hydrogen-bond donors (Lipinski definition) is 0. The first-order valence-corrected chi connectivity index (χ1v) is 18.5. The Hall–Kier alpha value is -1.08. The molecule has 0 spiro atoms. The first-order valence-electron chi connectivity index (χ1n) is 8.94. The van der Waals surface area contributed by atoms with Crippen molar-refractivity contribution in [1.82, 2.24) is 0 Å². The third-order valence-corrected chi connectivity index (χ3v) is 22.0. The minimum absolute atomic E-state index is 0.754. The van der Waals surface area contributed by atoms with Crippen LogP contribution >= 0.6 is 0 Å². The molecule has 0 bridgehead atoms. The van der Waals surface area contributed by atoms with Crippen molar-refractivity contribution in [1.29, 1.82) is 0 Å². The van der Waals surface area contributed by atoms with Gasteiger partial charge in [0.15, 0.2) is 0 Å². The van der Waals surface area contributed by atoms with Gasteiger partial charge in [-0.05, 0) is 0 Å². The van der Waals surface area contributed by atoms with E-state index in [9.17, 15) is 0 Å². The van der Waals surface area contributed by atoms with Crippen LogP contribution in [0.1, 0.15) is 37.7 Å². The number of allylic oxidation sites excluding steroid dienone is 8. The second-order valence-electron chi connectivity index (χ2n) is 7.26. The van der Waals surface area contributed by atoms with E-state index in [1.807, 2.05) is 0 Å². The number of benzene rings is 1. The van der Waals surface area contributed by atoms with Gasteiger partial charge in [-0.25, -0.2) is 0 Å². The normalized spacial score (nSPS) is 25.3. The van der Waals surface area contributed by atoms with E-state index in [4.69, 9.17) is 0 Å². The Balaban J connectivity index is 1.82. The van der Waals surface area contributed by atoms with Gasteiger partial charge in [-0.15, -0.1) is 0 Å². The second kappa shape index (κ2) is 6.43. The van der Waals surface area contributed by atoms with Crippen LogP contribution in [0.5, 0.6) is 0 Å². The predicted molar refractivity (Wildman–Crippen MR) is 97.7 cm³/mol. The first kappa shape index (κ1) is 15.4. The molecule has 0 radical (unpaired) electrons. The SMILES string of the molecule is [CH3][Hf](=[CH]c1ccccc1)([C]1=CC=CC1)[CH]1C=CC2=C1CCCC2. The van der Waals surface area contributed by atoms with Crippen molar-refractivity contribution in [2.75, 3.05) is 0 Å². The standard InChI is InChI=1S/C9H11.C7H6.C5H5.CH3.Hf/c1-2-5-9-7-3-6-8(9)4-1;1-7-5-3-2-4-6-7;1-2-4-5-3-1;;/h3,6-7H,1-2,4-5H2;1-6H;1-3H,4H2;1H3;. The van der Waals surface area contributed by atoms with E-state index in [1.165, 1.54) is 37.7 Å². The first-order chi connectivity index (χ1) is 11.3. The van der Waals surface area contributed by atoms with Crippen molar-refractivity contribution in [3.8, 4) is 0 Å². The Labute approximate surface area is 144 Å². The van der Waals surface area contributed by atoms with E-state index in [1.54, 1.807) is 14.5 Å². The molecule has 0 amide bonds. The molecule has 0 N–H and O–H groups in total.